The van der Waals surface area contributed by atoms with E-state index in [9.17, 15) is 14.4 Å². The summed E-state index contributed by atoms with van der Waals surface area (Å²) < 4.78 is 5.28. The maximum Gasteiger partial charge on any atom is 0.288 e. The Bertz CT molecular complexity index is 1700. The van der Waals surface area contributed by atoms with Crippen LogP contribution in [0.1, 0.15) is 66.4 Å². The monoisotopic (exact) mass is 587 g/mol. The van der Waals surface area contributed by atoms with E-state index in [1.807, 2.05) is 48.6 Å². The summed E-state index contributed by atoms with van der Waals surface area (Å²) in [6.45, 7) is 0.0535. The number of carbonyl (C=O) groups excluding carboxylic acids is 3. The third-order valence-electron chi connectivity index (χ3n) is 7.98. The molecule has 0 aromatic heterocycles. The van der Waals surface area contributed by atoms with Crippen LogP contribution in [0, 0.1) is 11.8 Å². The van der Waals surface area contributed by atoms with Crippen molar-refractivity contribution in [1.29, 1.82) is 0 Å². The summed E-state index contributed by atoms with van der Waals surface area (Å²) in [7, 11) is 1.54. The van der Waals surface area contributed by atoms with Crippen molar-refractivity contribution in [3.63, 3.8) is 0 Å². The number of nitrogens with one attached hydrogen (secondary N) is 2. The van der Waals surface area contributed by atoms with Gasteiger partial charge < -0.3 is 15.4 Å². The van der Waals surface area contributed by atoms with Crippen LogP contribution >= 0.6 is 0 Å². The Morgan fingerprint density at radius 3 is 2.57 bits per heavy atom. The number of methoxy groups -OCH3 is 1. The van der Waals surface area contributed by atoms with Crippen LogP contribution in [0.3, 0.4) is 0 Å². The second-order valence-electron chi connectivity index (χ2n) is 11.1. The molecule has 5 rings (SSSR count). The molecule has 1 aliphatic heterocycles. The van der Waals surface area contributed by atoms with E-state index in [0.29, 0.717) is 36.3 Å². The highest BCUT2D eigenvalue weighted by Gasteiger charge is 2.46. The maximum atomic E-state index is 13.4. The van der Waals surface area contributed by atoms with E-state index in [4.69, 9.17) is 4.74 Å². The highest BCUT2D eigenvalue weighted by molar-refractivity contribution is 6.36. The summed E-state index contributed by atoms with van der Waals surface area (Å²) in [4.78, 5) is 42.4. The van der Waals surface area contributed by atoms with Gasteiger partial charge in [-0.3, -0.25) is 14.4 Å². The normalized spacial score (nSPS) is 18.1. The van der Waals surface area contributed by atoms with Gasteiger partial charge in [0.05, 0.1) is 24.8 Å². The standard InChI is InChI=1S/C37H37N3O4/c1-44-36-29(15-3-2-10-24-39-36)17-11-25-38-35(43)33(41)19-9-7-14-28-13-6-8-18-32(28)34(42)40-37(22-23-37)31-21-20-27-12-4-5-16-30(27)26-31/h4-6,8,10,12-13,15-16,18,20-21,24,26H,2-3,7,9,14,19,22-23,25H2,1H3,(H,38,43)(H,40,42)/b24-10-,29-15-,39-36+. The number of amides is 2. The lowest BCUT2D eigenvalue weighted by Gasteiger charge is -2.20. The minimum absolute atomic E-state index is 0.0535. The zero-order valence-corrected chi connectivity index (χ0v) is 25.0. The van der Waals surface area contributed by atoms with Gasteiger partial charge in [0, 0.05) is 18.2 Å². The molecule has 224 valence electrons. The van der Waals surface area contributed by atoms with E-state index in [2.05, 4.69) is 57.8 Å². The maximum absolute atomic E-state index is 13.4. The first kappa shape index (κ1) is 30.5. The number of unbranched alkanes of at least 4 members (excludes halogenated alkanes) is 1. The van der Waals surface area contributed by atoms with E-state index < -0.39 is 11.7 Å². The molecule has 0 saturated heterocycles. The molecule has 2 amide bonds. The van der Waals surface area contributed by atoms with Crippen molar-refractivity contribution in [2.45, 2.75) is 56.9 Å². The predicted molar refractivity (Wildman–Crippen MR) is 173 cm³/mol. The van der Waals surface area contributed by atoms with E-state index in [0.717, 1.165) is 36.8 Å². The third-order valence-corrected chi connectivity index (χ3v) is 7.98. The van der Waals surface area contributed by atoms with Gasteiger partial charge in [0.2, 0.25) is 11.7 Å². The lowest BCUT2D eigenvalue weighted by molar-refractivity contribution is -0.137. The number of ether oxygens (including phenoxy) is 1. The molecule has 44 heavy (non-hydrogen) atoms. The number of Topliss-reactive ketones (excluding diaryl/α,β-unsaturated/α-hetero) is 1. The third kappa shape index (κ3) is 7.70. The average molecular weight is 588 g/mol. The minimum atomic E-state index is -0.641. The number of allylic oxidation sites excluding steroid dienone is 2. The Kier molecular flexibility index (Phi) is 10.0. The fourth-order valence-electron chi connectivity index (χ4n) is 5.36. The summed E-state index contributed by atoms with van der Waals surface area (Å²) >= 11 is 0. The predicted octanol–water partition coefficient (Wildman–Crippen LogP) is 5.94. The summed E-state index contributed by atoms with van der Waals surface area (Å²) in [5, 5.41) is 8.23. The summed E-state index contributed by atoms with van der Waals surface area (Å²) in [6.07, 6.45) is 11.1. The van der Waals surface area contributed by atoms with Crippen molar-refractivity contribution in [3.8, 4) is 11.8 Å². The number of benzene rings is 3. The van der Waals surface area contributed by atoms with Crippen molar-refractivity contribution in [2.24, 2.45) is 4.99 Å². The van der Waals surface area contributed by atoms with Crippen molar-refractivity contribution in [1.82, 2.24) is 10.6 Å². The van der Waals surface area contributed by atoms with E-state index >= 15 is 0 Å². The van der Waals surface area contributed by atoms with Crippen molar-refractivity contribution in [2.75, 3.05) is 13.7 Å². The zero-order valence-electron chi connectivity index (χ0n) is 25.0. The number of hydrogen-bond acceptors (Lipinski definition) is 5. The number of rotatable bonds is 10. The number of fused-ring (bicyclic) bond motifs is 1. The average Bonchev–Trinajstić information content (AvgIpc) is 3.82. The van der Waals surface area contributed by atoms with Gasteiger partial charge in [-0.2, -0.15) is 0 Å². The number of carbonyl (C=O) groups is 3. The van der Waals surface area contributed by atoms with Crippen LogP contribution in [-0.2, 0) is 26.3 Å². The highest BCUT2D eigenvalue weighted by atomic mass is 16.5. The Morgan fingerprint density at radius 2 is 1.75 bits per heavy atom. The van der Waals surface area contributed by atoms with Crippen molar-refractivity contribution < 1.29 is 19.1 Å². The molecule has 0 atom stereocenters. The van der Waals surface area contributed by atoms with Crippen LogP contribution in [0.4, 0.5) is 0 Å². The molecular formula is C37H37N3O4. The van der Waals surface area contributed by atoms with E-state index in [-0.39, 0.29) is 24.4 Å². The highest BCUT2D eigenvalue weighted by Crippen LogP contribution is 2.46. The zero-order chi connectivity index (χ0) is 30.8. The van der Waals surface area contributed by atoms with Crippen LogP contribution in [0.25, 0.3) is 10.8 Å². The second kappa shape index (κ2) is 14.5. The molecule has 0 spiro atoms. The van der Waals surface area contributed by atoms with Gasteiger partial charge in [-0.15, -0.1) is 0 Å². The molecule has 2 N–H and O–H groups in total. The molecule has 1 aliphatic carbocycles. The smallest absolute Gasteiger partial charge is 0.288 e. The SMILES string of the molecule is COC1=N/C=C\CC/C=C\1C#CCNC(=O)C(=O)CCCCc1ccccc1C(=O)NC1(c2ccc3ccccc3c2)CC1. The first-order chi connectivity index (χ1) is 21.5. The largest absolute Gasteiger partial charge is 0.480 e. The number of nitrogens with zero attached hydrogens (tertiary/aromatic N) is 1. The Balaban J connectivity index is 1.09. The molecule has 1 heterocycles. The molecule has 2 aliphatic rings. The van der Waals surface area contributed by atoms with Gasteiger partial charge in [0.25, 0.3) is 11.8 Å². The van der Waals surface area contributed by atoms with E-state index in [1.54, 1.807) is 6.20 Å². The summed E-state index contributed by atoms with van der Waals surface area (Å²) in [6, 6.07) is 22.2. The van der Waals surface area contributed by atoms with Crippen LogP contribution in [0.15, 0.2) is 95.6 Å². The van der Waals surface area contributed by atoms with Crippen LogP contribution in [0.5, 0.6) is 0 Å². The van der Waals surface area contributed by atoms with Crippen LogP contribution < -0.4 is 10.6 Å². The number of aliphatic imine (C=N–C) groups is 1. The summed E-state index contributed by atoms with van der Waals surface area (Å²) in [5.41, 5.74) is 3.05. The van der Waals surface area contributed by atoms with Gasteiger partial charge in [0.15, 0.2) is 0 Å². The molecule has 0 unspecified atom stereocenters. The first-order valence-corrected chi connectivity index (χ1v) is 15.2. The van der Waals surface area contributed by atoms with Crippen LogP contribution in [-0.4, -0.2) is 37.1 Å². The van der Waals surface area contributed by atoms with Gasteiger partial charge in [-0.05, 0) is 79.0 Å². The molecule has 1 saturated carbocycles. The van der Waals surface area contributed by atoms with Gasteiger partial charge in [-0.25, -0.2) is 4.99 Å². The van der Waals surface area contributed by atoms with Crippen LogP contribution in [0.2, 0.25) is 0 Å². The molecule has 0 radical (unpaired) electrons. The summed E-state index contributed by atoms with van der Waals surface area (Å²) in [5.74, 6) is 5.06. The molecule has 3 aromatic rings. The molecule has 1 fully saturated rings. The number of hydrogen-bond donors (Lipinski definition) is 2. The lowest BCUT2D eigenvalue weighted by Crippen LogP contribution is -2.35. The Labute approximate surface area is 258 Å². The molecule has 0 bridgehead atoms. The number of ketones is 1. The molecule has 7 nitrogen and oxygen atoms in total. The van der Waals surface area contributed by atoms with Gasteiger partial charge >= 0.3 is 0 Å². The van der Waals surface area contributed by atoms with Gasteiger partial charge in [-0.1, -0.05) is 78.6 Å². The van der Waals surface area contributed by atoms with Crippen molar-refractivity contribution >= 4 is 34.3 Å². The molecular weight excluding hydrogens is 550 g/mol. The van der Waals surface area contributed by atoms with Gasteiger partial charge in [0.1, 0.15) is 0 Å². The fourth-order valence-corrected chi connectivity index (χ4v) is 5.36. The van der Waals surface area contributed by atoms with E-state index in [1.165, 1.54) is 17.9 Å². The first-order valence-electron chi connectivity index (χ1n) is 15.2. The molecule has 3 aromatic carbocycles. The van der Waals surface area contributed by atoms with Crippen molar-refractivity contribution in [3.05, 3.63) is 107 Å². The molecule has 7 heteroatoms. The second-order valence-corrected chi connectivity index (χ2v) is 11.1. The lowest BCUT2D eigenvalue weighted by atomic mass is 9.97. The Morgan fingerprint density at radius 1 is 0.955 bits per heavy atom. The Hall–Kier alpha value is -4.96. The minimum Gasteiger partial charge on any atom is -0.480 e. The quantitative estimate of drug-likeness (QED) is 0.174. The topological polar surface area (TPSA) is 96.9 Å². The fraction of sp³-hybridized carbons (Fsp3) is 0.297. The number of aryl methyl sites for hydroxylation is 1.